The lowest BCUT2D eigenvalue weighted by Gasteiger charge is -2.16. The summed E-state index contributed by atoms with van der Waals surface area (Å²) in [6, 6.07) is 5.29. The molecule has 1 heterocycles. The molecule has 24 heavy (non-hydrogen) atoms. The van der Waals surface area contributed by atoms with E-state index in [-0.39, 0.29) is 18.4 Å². The van der Waals surface area contributed by atoms with E-state index in [2.05, 4.69) is 26.2 Å². The van der Waals surface area contributed by atoms with E-state index in [9.17, 15) is 18.4 Å². The number of nitrogens with one attached hydrogen (secondary N) is 1. The number of hydrogen-bond acceptors (Lipinski definition) is 3. The maximum Gasteiger partial charge on any atom is 0.240 e. The minimum atomic E-state index is -0.962. The summed E-state index contributed by atoms with van der Waals surface area (Å²) in [5.74, 6) is -2.83. The molecule has 0 aliphatic carbocycles. The average Bonchev–Trinajstić information content (AvgIpc) is 2.47. The van der Waals surface area contributed by atoms with Gasteiger partial charge >= 0.3 is 0 Å². The highest BCUT2D eigenvalue weighted by atomic mass is 79.9. The van der Waals surface area contributed by atoms with Crippen LogP contribution in [0.1, 0.15) is 11.1 Å². The largest absolute Gasteiger partial charge is 0.368 e. The Morgan fingerprint density at radius 3 is 2.50 bits per heavy atom. The SMILES string of the molecule is NC(=O)[C@H](Cc1cccnc1Br)NC(=O)Cc1cc(F)cc(F)c1. The van der Waals surface area contributed by atoms with Crippen LogP contribution in [0.4, 0.5) is 8.78 Å². The first-order valence-corrected chi connectivity index (χ1v) is 7.77. The molecule has 0 bridgehead atoms. The molecule has 1 aromatic heterocycles. The van der Waals surface area contributed by atoms with Crippen LogP contribution in [0.2, 0.25) is 0 Å². The number of hydrogen-bond donors (Lipinski definition) is 2. The minimum absolute atomic E-state index is 0.146. The summed E-state index contributed by atoms with van der Waals surface area (Å²) >= 11 is 3.25. The summed E-state index contributed by atoms with van der Waals surface area (Å²) in [6.45, 7) is 0. The van der Waals surface area contributed by atoms with Crippen molar-refractivity contribution in [1.82, 2.24) is 10.3 Å². The van der Waals surface area contributed by atoms with E-state index in [1.807, 2.05) is 0 Å². The fraction of sp³-hybridized carbons (Fsp3) is 0.188. The first kappa shape index (κ1) is 18.0. The zero-order chi connectivity index (χ0) is 17.7. The minimum Gasteiger partial charge on any atom is -0.368 e. The van der Waals surface area contributed by atoms with Crippen LogP contribution in [0.25, 0.3) is 0 Å². The van der Waals surface area contributed by atoms with Crippen LogP contribution in [0, 0.1) is 11.6 Å². The number of nitrogens with two attached hydrogens (primary N) is 1. The lowest BCUT2D eigenvalue weighted by Crippen LogP contribution is -2.46. The van der Waals surface area contributed by atoms with E-state index in [1.54, 1.807) is 18.3 Å². The highest BCUT2D eigenvalue weighted by Crippen LogP contribution is 2.15. The summed E-state index contributed by atoms with van der Waals surface area (Å²) in [4.78, 5) is 27.6. The smallest absolute Gasteiger partial charge is 0.240 e. The molecule has 5 nitrogen and oxygen atoms in total. The third-order valence-electron chi connectivity index (χ3n) is 3.23. The van der Waals surface area contributed by atoms with Gasteiger partial charge in [0.25, 0.3) is 0 Å². The standard InChI is InChI=1S/C16H14BrF2N3O2/c17-15-10(2-1-3-21-15)7-13(16(20)24)22-14(23)6-9-4-11(18)8-12(19)5-9/h1-5,8,13H,6-7H2,(H2,20,24)(H,22,23)/t13-/m0/s1. The molecule has 2 amide bonds. The molecule has 1 atom stereocenters. The molecule has 8 heteroatoms. The normalized spacial score (nSPS) is 11.8. The molecule has 0 unspecified atom stereocenters. The monoisotopic (exact) mass is 397 g/mol. The number of pyridine rings is 1. The van der Waals surface area contributed by atoms with E-state index < -0.39 is 29.5 Å². The molecule has 0 saturated carbocycles. The van der Waals surface area contributed by atoms with Crippen molar-refractivity contribution in [2.24, 2.45) is 5.73 Å². The summed E-state index contributed by atoms with van der Waals surface area (Å²) in [6.07, 6.45) is 1.45. The van der Waals surface area contributed by atoms with Gasteiger partial charge in [0.15, 0.2) is 0 Å². The number of primary amides is 1. The lowest BCUT2D eigenvalue weighted by atomic mass is 10.1. The van der Waals surface area contributed by atoms with Gasteiger partial charge in [-0.25, -0.2) is 13.8 Å². The summed E-state index contributed by atoms with van der Waals surface area (Å²) < 4.78 is 26.8. The molecule has 0 spiro atoms. The molecule has 2 rings (SSSR count). The summed E-state index contributed by atoms with van der Waals surface area (Å²) in [5.41, 5.74) is 6.17. The second-order valence-electron chi connectivity index (χ2n) is 5.13. The van der Waals surface area contributed by atoms with Gasteiger partial charge in [-0.05, 0) is 45.3 Å². The molecule has 1 aromatic carbocycles. The van der Waals surface area contributed by atoms with E-state index in [0.717, 1.165) is 12.1 Å². The zero-order valence-corrected chi connectivity index (χ0v) is 14.0. The van der Waals surface area contributed by atoms with E-state index >= 15 is 0 Å². The molecule has 2 aromatic rings. The Kier molecular flexibility index (Phi) is 5.97. The van der Waals surface area contributed by atoms with Gasteiger partial charge < -0.3 is 11.1 Å². The molecule has 3 N–H and O–H groups in total. The van der Waals surface area contributed by atoms with Crippen LogP contribution in [0.3, 0.4) is 0 Å². The number of benzene rings is 1. The number of carbonyl (C=O) groups is 2. The molecular weight excluding hydrogens is 384 g/mol. The lowest BCUT2D eigenvalue weighted by molar-refractivity contribution is -0.127. The highest BCUT2D eigenvalue weighted by Gasteiger charge is 2.20. The molecule has 126 valence electrons. The Balaban J connectivity index is 2.06. The van der Waals surface area contributed by atoms with Crippen molar-refractivity contribution >= 4 is 27.7 Å². The second-order valence-corrected chi connectivity index (χ2v) is 5.89. The maximum absolute atomic E-state index is 13.1. The van der Waals surface area contributed by atoms with Crippen molar-refractivity contribution in [3.05, 3.63) is 63.9 Å². The van der Waals surface area contributed by atoms with Crippen molar-refractivity contribution in [3.8, 4) is 0 Å². The Bertz CT molecular complexity index is 750. The van der Waals surface area contributed by atoms with E-state index in [0.29, 0.717) is 16.2 Å². The fourth-order valence-corrected chi connectivity index (χ4v) is 2.57. The second kappa shape index (κ2) is 7.96. The van der Waals surface area contributed by atoms with Crippen molar-refractivity contribution in [2.45, 2.75) is 18.9 Å². The third-order valence-corrected chi connectivity index (χ3v) is 3.94. The molecule has 0 aliphatic rings. The maximum atomic E-state index is 13.1. The van der Waals surface area contributed by atoms with Crippen LogP contribution in [-0.4, -0.2) is 22.8 Å². The number of amides is 2. The van der Waals surface area contributed by atoms with Gasteiger partial charge in [0.2, 0.25) is 11.8 Å². The van der Waals surface area contributed by atoms with Crippen molar-refractivity contribution < 1.29 is 18.4 Å². The van der Waals surface area contributed by atoms with Crippen LogP contribution in [0.5, 0.6) is 0 Å². The Morgan fingerprint density at radius 2 is 1.92 bits per heavy atom. The molecular formula is C16H14BrF2N3O2. The Labute approximate surface area is 145 Å². The van der Waals surface area contributed by atoms with Crippen molar-refractivity contribution in [2.75, 3.05) is 0 Å². The van der Waals surface area contributed by atoms with Crippen LogP contribution in [0.15, 0.2) is 41.1 Å². The highest BCUT2D eigenvalue weighted by molar-refractivity contribution is 9.10. The zero-order valence-electron chi connectivity index (χ0n) is 12.4. The third kappa shape index (κ3) is 5.09. The molecule has 0 fully saturated rings. The number of rotatable bonds is 6. The number of nitrogens with zero attached hydrogens (tertiary/aromatic N) is 1. The molecule has 0 aliphatic heterocycles. The number of aromatic nitrogens is 1. The van der Waals surface area contributed by atoms with Gasteiger partial charge in [0, 0.05) is 18.7 Å². The quantitative estimate of drug-likeness (QED) is 0.729. The van der Waals surface area contributed by atoms with Crippen LogP contribution < -0.4 is 11.1 Å². The van der Waals surface area contributed by atoms with Gasteiger partial charge in [-0.2, -0.15) is 0 Å². The first-order valence-electron chi connectivity index (χ1n) is 6.98. The number of halogens is 3. The van der Waals surface area contributed by atoms with Gasteiger partial charge in [-0.1, -0.05) is 6.07 Å². The van der Waals surface area contributed by atoms with Crippen molar-refractivity contribution in [1.29, 1.82) is 0 Å². The van der Waals surface area contributed by atoms with Crippen LogP contribution >= 0.6 is 15.9 Å². The van der Waals surface area contributed by atoms with Crippen molar-refractivity contribution in [3.63, 3.8) is 0 Å². The Hall–Kier alpha value is -2.35. The van der Waals surface area contributed by atoms with Gasteiger partial charge in [0.1, 0.15) is 22.3 Å². The van der Waals surface area contributed by atoms with E-state index in [1.165, 1.54) is 0 Å². The fourth-order valence-electron chi connectivity index (χ4n) is 2.16. The summed E-state index contributed by atoms with van der Waals surface area (Å²) in [5, 5.41) is 2.47. The average molecular weight is 398 g/mol. The van der Waals surface area contributed by atoms with Crippen LogP contribution in [-0.2, 0) is 22.4 Å². The van der Waals surface area contributed by atoms with Gasteiger partial charge in [-0.15, -0.1) is 0 Å². The predicted molar refractivity (Wildman–Crippen MR) is 86.8 cm³/mol. The summed E-state index contributed by atoms with van der Waals surface area (Å²) in [7, 11) is 0. The molecule has 0 saturated heterocycles. The topological polar surface area (TPSA) is 85.1 Å². The predicted octanol–water partition coefficient (Wildman–Crippen LogP) is 1.88. The van der Waals surface area contributed by atoms with Gasteiger partial charge in [0.05, 0.1) is 6.42 Å². The number of carbonyl (C=O) groups excluding carboxylic acids is 2. The Morgan fingerprint density at radius 1 is 1.25 bits per heavy atom. The van der Waals surface area contributed by atoms with E-state index in [4.69, 9.17) is 5.73 Å². The first-order chi connectivity index (χ1) is 11.3. The van der Waals surface area contributed by atoms with Gasteiger partial charge in [-0.3, -0.25) is 9.59 Å². The molecule has 0 radical (unpaired) electrons.